The van der Waals surface area contributed by atoms with Crippen molar-refractivity contribution in [3.8, 4) is 5.75 Å². The molecule has 0 unspecified atom stereocenters. The van der Waals surface area contributed by atoms with Gasteiger partial charge in [0.15, 0.2) is 0 Å². The fourth-order valence-corrected chi connectivity index (χ4v) is 1.94. The van der Waals surface area contributed by atoms with E-state index in [2.05, 4.69) is 0 Å². The molecule has 0 aliphatic rings. The summed E-state index contributed by atoms with van der Waals surface area (Å²) in [5, 5.41) is 0. The molecule has 0 bridgehead atoms. The summed E-state index contributed by atoms with van der Waals surface area (Å²) in [4.78, 5) is 0.523. The molecule has 0 aliphatic carbocycles. The van der Waals surface area contributed by atoms with Crippen molar-refractivity contribution in [1.82, 2.24) is 0 Å². The maximum Gasteiger partial charge on any atom is 0.416 e. The normalized spacial score (nSPS) is 11.5. The van der Waals surface area contributed by atoms with Crippen LogP contribution in [0.1, 0.15) is 12.5 Å². The van der Waals surface area contributed by atoms with Crippen molar-refractivity contribution in [2.75, 3.05) is 12.9 Å². The molecular formula is C10H11F3OS. The van der Waals surface area contributed by atoms with Crippen LogP contribution in [0.15, 0.2) is 23.1 Å². The zero-order chi connectivity index (χ0) is 11.5. The van der Waals surface area contributed by atoms with Gasteiger partial charge in [-0.3, -0.25) is 0 Å². The lowest BCUT2D eigenvalue weighted by atomic mass is 10.2. The third-order valence-corrected chi connectivity index (χ3v) is 2.71. The van der Waals surface area contributed by atoms with Crippen molar-refractivity contribution >= 4 is 11.8 Å². The highest BCUT2D eigenvalue weighted by atomic mass is 32.2. The summed E-state index contributed by atoms with van der Waals surface area (Å²) in [6.45, 7) is 1.88. The van der Waals surface area contributed by atoms with Gasteiger partial charge in [-0.2, -0.15) is 13.2 Å². The summed E-state index contributed by atoms with van der Waals surface area (Å²) in [6, 6.07) is 3.49. The van der Waals surface area contributed by atoms with Gasteiger partial charge in [0.1, 0.15) is 5.75 Å². The Morgan fingerprint density at radius 3 is 2.47 bits per heavy atom. The van der Waals surface area contributed by atoms with E-state index >= 15 is 0 Å². The maximum atomic E-state index is 12.4. The molecular weight excluding hydrogens is 225 g/mol. The molecule has 5 heteroatoms. The van der Waals surface area contributed by atoms with Crippen LogP contribution < -0.4 is 4.74 Å². The van der Waals surface area contributed by atoms with Crippen molar-refractivity contribution in [1.29, 1.82) is 0 Å². The lowest BCUT2D eigenvalue weighted by Crippen LogP contribution is -2.05. The van der Waals surface area contributed by atoms with Crippen molar-refractivity contribution in [2.45, 2.75) is 18.0 Å². The molecule has 1 aromatic rings. The van der Waals surface area contributed by atoms with E-state index in [1.54, 1.807) is 0 Å². The molecule has 15 heavy (non-hydrogen) atoms. The average molecular weight is 236 g/mol. The van der Waals surface area contributed by atoms with Crippen LogP contribution in [0.4, 0.5) is 13.2 Å². The van der Waals surface area contributed by atoms with Crippen molar-refractivity contribution in [3.05, 3.63) is 23.8 Å². The first-order valence-electron chi connectivity index (χ1n) is 4.37. The van der Waals surface area contributed by atoms with Crippen LogP contribution in [0.25, 0.3) is 0 Å². The maximum absolute atomic E-state index is 12.4. The van der Waals surface area contributed by atoms with E-state index in [1.807, 2.05) is 6.92 Å². The predicted octanol–water partition coefficient (Wildman–Crippen LogP) is 3.83. The van der Waals surface area contributed by atoms with E-state index in [1.165, 1.54) is 24.9 Å². The highest BCUT2D eigenvalue weighted by molar-refractivity contribution is 7.99. The second-order valence-corrected chi connectivity index (χ2v) is 4.10. The first-order chi connectivity index (χ1) is 6.99. The zero-order valence-electron chi connectivity index (χ0n) is 8.39. The highest BCUT2D eigenvalue weighted by Gasteiger charge is 2.31. The molecule has 1 aromatic carbocycles. The number of hydrogen-bond acceptors (Lipinski definition) is 2. The van der Waals surface area contributed by atoms with Gasteiger partial charge in [-0.15, -0.1) is 11.8 Å². The molecule has 0 saturated carbocycles. The van der Waals surface area contributed by atoms with Crippen LogP contribution in [0.3, 0.4) is 0 Å². The van der Waals surface area contributed by atoms with Gasteiger partial charge < -0.3 is 4.74 Å². The Labute approximate surface area is 90.6 Å². The Balaban J connectivity index is 3.10. The third-order valence-electron chi connectivity index (χ3n) is 1.79. The minimum atomic E-state index is -4.30. The predicted molar refractivity (Wildman–Crippen MR) is 54.4 cm³/mol. The van der Waals surface area contributed by atoms with Gasteiger partial charge in [0.05, 0.1) is 12.7 Å². The van der Waals surface area contributed by atoms with Gasteiger partial charge in [-0.25, -0.2) is 0 Å². The molecule has 0 N–H and O–H groups in total. The summed E-state index contributed by atoms with van der Waals surface area (Å²) >= 11 is 1.33. The van der Waals surface area contributed by atoms with E-state index in [4.69, 9.17) is 4.74 Å². The molecule has 0 aliphatic heterocycles. The molecule has 84 valence electrons. The van der Waals surface area contributed by atoms with E-state index < -0.39 is 11.7 Å². The summed E-state index contributed by atoms with van der Waals surface area (Å²) in [5.74, 6) is 1.19. The second-order valence-electron chi connectivity index (χ2n) is 2.80. The molecule has 0 radical (unpaired) electrons. The van der Waals surface area contributed by atoms with E-state index in [0.29, 0.717) is 16.4 Å². The first kappa shape index (κ1) is 12.2. The van der Waals surface area contributed by atoms with Crippen LogP contribution >= 0.6 is 11.8 Å². The van der Waals surface area contributed by atoms with Crippen molar-refractivity contribution in [2.24, 2.45) is 0 Å². The Bertz CT molecular complexity index is 336. The quantitative estimate of drug-likeness (QED) is 0.738. The molecule has 0 atom stereocenters. The van der Waals surface area contributed by atoms with Crippen molar-refractivity contribution < 1.29 is 17.9 Å². The molecule has 0 amide bonds. The minimum absolute atomic E-state index is 0.481. The molecule has 0 spiro atoms. The smallest absolute Gasteiger partial charge is 0.416 e. The molecule has 0 heterocycles. The molecule has 1 nitrogen and oxygen atoms in total. The lowest BCUT2D eigenvalue weighted by molar-refractivity contribution is -0.137. The topological polar surface area (TPSA) is 9.23 Å². The van der Waals surface area contributed by atoms with E-state index in [9.17, 15) is 13.2 Å². The minimum Gasteiger partial charge on any atom is -0.496 e. The summed E-state index contributed by atoms with van der Waals surface area (Å²) in [6.07, 6.45) is -4.30. The largest absolute Gasteiger partial charge is 0.496 e. The molecule has 0 fully saturated rings. The van der Waals surface area contributed by atoms with Crippen LogP contribution in [0.5, 0.6) is 5.75 Å². The second kappa shape index (κ2) is 4.79. The van der Waals surface area contributed by atoms with Gasteiger partial charge >= 0.3 is 6.18 Å². The van der Waals surface area contributed by atoms with Crippen molar-refractivity contribution in [3.63, 3.8) is 0 Å². The summed E-state index contributed by atoms with van der Waals surface area (Å²) in [7, 11) is 1.45. The number of alkyl halides is 3. The standard InChI is InChI=1S/C10H11F3OS/c1-3-15-9-6-7(10(11,12)13)4-5-8(9)14-2/h4-6H,3H2,1-2H3. The summed E-state index contributed by atoms with van der Waals surface area (Å²) < 4.78 is 42.2. The number of rotatable bonds is 3. The fraction of sp³-hybridized carbons (Fsp3) is 0.400. The highest BCUT2D eigenvalue weighted by Crippen LogP contribution is 2.36. The van der Waals surface area contributed by atoms with Crippen LogP contribution in [0.2, 0.25) is 0 Å². The number of thioether (sulfide) groups is 1. The SMILES string of the molecule is CCSc1cc(C(F)(F)F)ccc1OC. The number of methoxy groups -OCH3 is 1. The molecule has 0 saturated heterocycles. The Hall–Kier alpha value is -0.840. The first-order valence-corrected chi connectivity index (χ1v) is 5.35. The number of benzene rings is 1. The lowest BCUT2D eigenvalue weighted by Gasteiger charge is -2.11. The van der Waals surface area contributed by atoms with E-state index in [-0.39, 0.29) is 0 Å². The van der Waals surface area contributed by atoms with E-state index in [0.717, 1.165) is 12.1 Å². The van der Waals surface area contributed by atoms with Crippen LogP contribution in [0, 0.1) is 0 Å². The monoisotopic (exact) mass is 236 g/mol. The van der Waals surface area contributed by atoms with Gasteiger partial charge in [-0.05, 0) is 24.0 Å². The van der Waals surface area contributed by atoms with Crippen LogP contribution in [-0.2, 0) is 6.18 Å². The Morgan fingerprint density at radius 2 is 2.00 bits per heavy atom. The Kier molecular flexibility index (Phi) is 3.90. The third kappa shape index (κ3) is 3.06. The fourth-order valence-electron chi connectivity index (χ4n) is 1.12. The molecule has 0 aromatic heterocycles. The van der Waals surface area contributed by atoms with Gasteiger partial charge in [0.2, 0.25) is 0 Å². The number of ether oxygens (including phenoxy) is 1. The average Bonchev–Trinajstić information content (AvgIpc) is 2.17. The number of hydrogen-bond donors (Lipinski definition) is 0. The van der Waals surface area contributed by atoms with Gasteiger partial charge in [0, 0.05) is 4.90 Å². The zero-order valence-corrected chi connectivity index (χ0v) is 9.21. The Morgan fingerprint density at radius 1 is 1.33 bits per heavy atom. The van der Waals surface area contributed by atoms with Gasteiger partial charge in [-0.1, -0.05) is 6.92 Å². The van der Waals surface area contributed by atoms with Gasteiger partial charge in [0.25, 0.3) is 0 Å². The number of halogens is 3. The summed E-state index contributed by atoms with van der Waals surface area (Å²) in [5.41, 5.74) is -0.640. The molecule has 1 rings (SSSR count). The van der Waals surface area contributed by atoms with Crippen LogP contribution in [-0.4, -0.2) is 12.9 Å².